The van der Waals surface area contributed by atoms with E-state index in [0.29, 0.717) is 12.2 Å². The molecule has 2 amide bonds. The van der Waals surface area contributed by atoms with Crippen LogP contribution in [0.5, 0.6) is 5.75 Å². The third-order valence-corrected chi connectivity index (χ3v) is 7.88. The van der Waals surface area contributed by atoms with E-state index in [1.54, 1.807) is 4.90 Å². The molecule has 3 aliphatic heterocycles. The Kier molecular flexibility index (Phi) is 6.85. The Morgan fingerprint density at radius 1 is 1.10 bits per heavy atom. The molecule has 1 saturated heterocycles. The molecule has 1 N–H and O–H groups in total. The number of alkyl halides is 2. The van der Waals surface area contributed by atoms with Gasteiger partial charge in [-0.3, -0.25) is 0 Å². The molecule has 3 heterocycles. The summed E-state index contributed by atoms with van der Waals surface area (Å²) in [6.45, 7) is 9.90. The number of aliphatic carboxylic acids is 1. The highest BCUT2D eigenvalue weighted by molar-refractivity contribution is 5.85. The maximum Gasteiger partial charge on any atom is 0.337 e. The number of fused-ring (bicyclic) bond motifs is 2. The topological polar surface area (TPSA) is 79.3 Å². The van der Waals surface area contributed by atoms with Gasteiger partial charge in [0.05, 0.1) is 18.8 Å². The average Bonchev–Trinajstić information content (AvgIpc) is 3.47. The highest BCUT2D eigenvalue weighted by atomic mass is 19.3. The molecule has 0 aliphatic carbocycles. The van der Waals surface area contributed by atoms with Crippen molar-refractivity contribution in [1.82, 2.24) is 9.80 Å². The zero-order chi connectivity index (χ0) is 28.3. The van der Waals surface area contributed by atoms with E-state index in [1.165, 1.54) is 4.90 Å². The van der Waals surface area contributed by atoms with E-state index in [-0.39, 0.29) is 26.1 Å². The smallest absolute Gasteiger partial charge is 0.337 e. The molecule has 0 bridgehead atoms. The van der Waals surface area contributed by atoms with Gasteiger partial charge in [0.15, 0.2) is 6.10 Å². The van der Waals surface area contributed by atoms with Crippen molar-refractivity contribution in [2.75, 3.05) is 19.7 Å². The lowest BCUT2D eigenvalue weighted by Crippen LogP contribution is -2.40. The Morgan fingerprint density at radius 2 is 1.79 bits per heavy atom. The number of carbonyl (C=O) groups excluding carboxylic acids is 1. The number of hydrogen-bond donors (Lipinski definition) is 1. The third-order valence-electron chi connectivity index (χ3n) is 7.88. The van der Waals surface area contributed by atoms with Crippen LogP contribution < -0.4 is 4.74 Å². The van der Waals surface area contributed by atoms with E-state index in [1.807, 2.05) is 46.8 Å². The second-order valence-corrected chi connectivity index (χ2v) is 11.9. The van der Waals surface area contributed by atoms with Crippen LogP contribution in [0.25, 0.3) is 11.1 Å². The van der Waals surface area contributed by atoms with E-state index in [0.717, 1.165) is 57.5 Å². The number of likely N-dealkylation sites (tertiary alicyclic amines) is 1. The first-order valence-electron chi connectivity index (χ1n) is 13.5. The molecule has 7 nitrogen and oxygen atoms in total. The van der Waals surface area contributed by atoms with Gasteiger partial charge in [-0.1, -0.05) is 6.07 Å². The van der Waals surface area contributed by atoms with Gasteiger partial charge in [-0.2, -0.15) is 0 Å². The summed E-state index contributed by atoms with van der Waals surface area (Å²) in [6.07, 6.45) is 0.199. The fourth-order valence-corrected chi connectivity index (χ4v) is 6.06. The minimum atomic E-state index is -2.87. The molecule has 1 atom stereocenters. The summed E-state index contributed by atoms with van der Waals surface area (Å²) in [7, 11) is 0. The van der Waals surface area contributed by atoms with Crippen molar-refractivity contribution < 1.29 is 33.0 Å². The van der Waals surface area contributed by atoms with Crippen LogP contribution in [-0.2, 0) is 29.0 Å². The molecular weight excluding hydrogens is 506 g/mol. The minimum Gasteiger partial charge on any atom is -0.493 e. The number of hydrogen-bond acceptors (Lipinski definition) is 4. The average molecular weight is 543 g/mol. The monoisotopic (exact) mass is 542 g/mol. The normalized spacial score (nSPS) is 18.9. The lowest BCUT2D eigenvalue weighted by Gasteiger charge is -2.30. The summed E-state index contributed by atoms with van der Waals surface area (Å²) in [4.78, 5) is 28.7. The predicted octanol–water partition coefficient (Wildman–Crippen LogP) is 6.01. The maximum absolute atomic E-state index is 13.9. The second kappa shape index (κ2) is 9.77. The van der Waals surface area contributed by atoms with Crippen molar-refractivity contribution in [3.05, 3.63) is 51.6 Å². The molecule has 0 saturated carbocycles. The van der Waals surface area contributed by atoms with Crippen LogP contribution in [0.2, 0.25) is 0 Å². The van der Waals surface area contributed by atoms with E-state index in [4.69, 9.17) is 9.47 Å². The zero-order valence-corrected chi connectivity index (χ0v) is 23.2. The van der Waals surface area contributed by atoms with Crippen molar-refractivity contribution in [2.24, 2.45) is 0 Å². The maximum atomic E-state index is 13.9. The lowest BCUT2D eigenvalue weighted by molar-refractivity contribution is -0.160. The van der Waals surface area contributed by atoms with Crippen LogP contribution >= 0.6 is 0 Å². The number of carboxylic acids is 1. The van der Waals surface area contributed by atoms with Gasteiger partial charge in [0.25, 0.3) is 5.92 Å². The van der Waals surface area contributed by atoms with Crippen molar-refractivity contribution in [3.8, 4) is 16.9 Å². The van der Waals surface area contributed by atoms with Crippen molar-refractivity contribution >= 4 is 12.0 Å². The number of nitrogens with zero attached hydrogens (tertiary/aromatic N) is 2. The van der Waals surface area contributed by atoms with E-state index in [9.17, 15) is 23.5 Å². The Labute approximate surface area is 227 Å². The molecule has 5 rings (SSSR count). The Bertz CT molecular complexity index is 1330. The summed E-state index contributed by atoms with van der Waals surface area (Å²) in [5.41, 5.74) is 5.95. The molecular formula is C30H36F2N2O5. The van der Waals surface area contributed by atoms with Crippen LogP contribution in [0.1, 0.15) is 73.1 Å². The first kappa shape index (κ1) is 27.4. The highest BCUT2D eigenvalue weighted by Crippen LogP contribution is 2.45. The number of carboxylic acid groups (broad SMARTS) is 1. The van der Waals surface area contributed by atoms with E-state index >= 15 is 0 Å². The molecule has 39 heavy (non-hydrogen) atoms. The standard InChI is InChI=1S/C30H36F2N2O5/c1-17-21-14-34(28(37)33-11-10-30(31,32)16-33)15-22(21)18(2)25(26(27(35)36)39-29(3,4)5)24(17)20-8-9-23-19(13-20)7-6-12-38-23/h8-9,13,26H,6-7,10-12,14-16H2,1-5H3,(H,35,36)/t26-/m0/s1. The number of carbonyl (C=O) groups is 2. The number of aryl methyl sites for hydroxylation is 1. The SMILES string of the molecule is Cc1c2c(c(C)c([C@H](OC(C)(C)C)C(=O)O)c1-c1ccc3c(c1)CCCO3)CN(C(=O)N1CCC(F)(F)C1)C2. The molecule has 0 spiro atoms. The number of amides is 2. The van der Waals surface area contributed by atoms with Gasteiger partial charge < -0.3 is 24.4 Å². The quantitative estimate of drug-likeness (QED) is 0.512. The number of halogens is 2. The van der Waals surface area contributed by atoms with Crippen LogP contribution in [0, 0.1) is 13.8 Å². The number of rotatable bonds is 4. The van der Waals surface area contributed by atoms with Gasteiger partial charge >= 0.3 is 12.0 Å². The van der Waals surface area contributed by atoms with Crippen molar-refractivity contribution in [1.29, 1.82) is 0 Å². The van der Waals surface area contributed by atoms with Crippen LogP contribution in [0.4, 0.5) is 13.6 Å². The molecule has 2 aromatic carbocycles. The molecule has 2 aromatic rings. The van der Waals surface area contributed by atoms with Crippen LogP contribution in [0.3, 0.4) is 0 Å². The van der Waals surface area contributed by atoms with Gasteiger partial charge in [0.2, 0.25) is 0 Å². The fourth-order valence-electron chi connectivity index (χ4n) is 6.06. The molecule has 0 radical (unpaired) electrons. The second-order valence-electron chi connectivity index (χ2n) is 11.9. The molecule has 9 heteroatoms. The number of benzene rings is 2. The number of urea groups is 1. The summed E-state index contributed by atoms with van der Waals surface area (Å²) in [5.74, 6) is -3.13. The van der Waals surface area contributed by atoms with E-state index < -0.39 is 36.2 Å². The number of ether oxygens (including phenoxy) is 2. The van der Waals surface area contributed by atoms with Gasteiger partial charge in [0, 0.05) is 31.6 Å². The van der Waals surface area contributed by atoms with Gasteiger partial charge in [0.1, 0.15) is 5.75 Å². The summed E-state index contributed by atoms with van der Waals surface area (Å²) in [5, 5.41) is 10.4. The summed E-state index contributed by atoms with van der Waals surface area (Å²) >= 11 is 0. The molecule has 1 fully saturated rings. The largest absolute Gasteiger partial charge is 0.493 e. The van der Waals surface area contributed by atoms with Gasteiger partial charge in [-0.25, -0.2) is 18.4 Å². The predicted molar refractivity (Wildman–Crippen MR) is 142 cm³/mol. The lowest BCUT2D eigenvalue weighted by atomic mass is 9.82. The van der Waals surface area contributed by atoms with Gasteiger partial charge in [-0.05, 0) is 98.5 Å². The molecule has 0 unspecified atom stereocenters. The minimum absolute atomic E-state index is 0.0187. The molecule has 0 aromatic heterocycles. The van der Waals surface area contributed by atoms with Crippen LogP contribution in [0.15, 0.2) is 18.2 Å². The van der Waals surface area contributed by atoms with Gasteiger partial charge in [-0.15, -0.1) is 0 Å². The zero-order valence-electron chi connectivity index (χ0n) is 23.2. The van der Waals surface area contributed by atoms with Crippen molar-refractivity contribution in [3.63, 3.8) is 0 Å². The van der Waals surface area contributed by atoms with Crippen LogP contribution in [-0.4, -0.2) is 58.1 Å². The Morgan fingerprint density at radius 3 is 2.41 bits per heavy atom. The molecule has 210 valence electrons. The molecule has 3 aliphatic rings. The highest BCUT2D eigenvalue weighted by Gasteiger charge is 2.43. The summed E-state index contributed by atoms with van der Waals surface area (Å²) in [6, 6.07) is 5.52. The first-order valence-corrected chi connectivity index (χ1v) is 13.5. The first-order chi connectivity index (χ1) is 18.3. The third kappa shape index (κ3) is 5.21. The fraction of sp³-hybridized carbons (Fsp3) is 0.533. The summed E-state index contributed by atoms with van der Waals surface area (Å²) < 4.78 is 39.7. The van der Waals surface area contributed by atoms with Crippen molar-refractivity contribution in [2.45, 2.75) is 84.6 Å². The Hall–Kier alpha value is -3.20. The Balaban J connectivity index is 1.64. The van der Waals surface area contributed by atoms with E-state index in [2.05, 4.69) is 6.07 Å².